The van der Waals surface area contributed by atoms with Crippen molar-refractivity contribution < 1.29 is 33.3 Å². The zero-order chi connectivity index (χ0) is 23.0. The van der Waals surface area contributed by atoms with Crippen LogP contribution in [-0.4, -0.2) is 33.9 Å². The number of halogens is 2. The molecule has 1 fully saturated rings. The molecule has 0 bridgehead atoms. The van der Waals surface area contributed by atoms with Crippen LogP contribution in [0.2, 0.25) is 0 Å². The van der Waals surface area contributed by atoms with Crippen molar-refractivity contribution in [2.45, 2.75) is 12.6 Å². The van der Waals surface area contributed by atoms with Crippen LogP contribution in [0.5, 0.6) is 11.5 Å². The molecule has 0 aliphatic carbocycles. The zero-order valence-corrected chi connectivity index (χ0v) is 17.5. The summed E-state index contributed by atoms with van der Waals surface area (Å²) in [5.74, 6) is -4.79. The van der Waals surface area contributed by atoms with E-state index in [4.69, 9.17) is 4.74 Å². The third-order valence-corrected chi connectivity index (χ3v) is 6.02. The van der Waals surface area contributed by atoms with E-state index in [1.54, 1.807) is 12.1 Å². The maximum absolute atomic E-state index is 13.8. The van der Waals surface area contributed by atoms with Crippen molar-refractivity contribution in [3.8, 4) is 11.5 Å². The number of phenolic OH excluding ortho intramolecular Hbond substituents is 1. The Kier molecular flexibility index (Phi) is 5.67. The minimum Gasteiger partial charge on any atom is -0.507 e. The van der Waals surface area contributed by atoms with Crippen LogP contribution in [0.25, 0.3) is 5.76 Å². The van der Waals surface area contributed by atoms with Gasteiger partial charge in [-0.2, -0.15) is 0 Å². The van der Waals surface area contributed by atoms with Crippen molar-refractivity contribution in [2.75, 3.05) is 7.11 Å². The van der Waals surface area contributed by atoms with Crippen LogP contribution in [0.15, 0.2) is 59.5 Å². The number of likely N-dealkylation sites (tertiary alicyclic amines) is 1. The number of ether oxygens (including phenoxy) is 1. The Labute approximate surface area is 185 Å². The SMILES string of the molecule is COc1cc(C2/C(=C(\O)c3ccc(F)c(F)c3)C(=O)C(=O)N2Cc2cccs2)ccc1O. The van der Waals surface area contributed by atoms with Gasteiger partial charge in [-0.1, -0.05) is 12.1 Å². The topological polar surface area (TPSA) is 87.1 Å². The molecule has 1 saturated heterocycles. The molecule has 9 heteroatoms. The molecule has 32 heavy (non-hydrogen) atoms. The number of phenols is 1. The third kappa shape index (κ3) is 3.71. The summed E-state index contributed by atoms with van der Waals surface area (Å²) in [6.45, 7) is 0.0880. The number of carbonyl (C=O) groups excluding carboxylic acids is 2. The number of rotatable bonds is 5. The lowest BCUT2D eigenvalue weighted by atomic mass is 9.95. The monoisotopic (exact) mass is 457 g/mol. The van der Waals surface area contributed by atoms with Gasteiger partial charge in [-0.25, -0.2) is 8.78 Å². The number of benzene rings is 2. The normalized spacial score (nSPS) is 17.7. The Balaban J connectivity index is 1.90. The second-order valence-electron chi connectivity index (χ2n) is 7.07. The van der Waals surface area contributed by atoms with Crippen LogP contribution in [-0.2, 0) is 16.1 Å². The number of aliphatic hydroxyl groups excluding tert-OH is 1. The fourth-order valence-electron chi connectivity index (χ4n) is 3.62. The maximum atomic E-state index is 13.8. The molecular formula is C23H17F2NO5S. The van der Waals surface area contributed by atoms with Gasteiger partial charge in [0.25, 0.3) is 11.7 Å². The molecule has 1 aliphatic heterocycles. The summed E-state index contributed by atoms with van der Waals surface area (Å²) in [6, 6.07) is 9.55. The molecule has 2 N–H and O–H groups in total. The molecule has 2 heterocycles. The number of methoxy groups -OCH3 is 1. The number of ketones is 1. The van der Waals surface area contributed by atoms with Gasteiger partial charge in [0, 0.05) is 10.4 Å². The summed E-state index contributed by atoms with van der Waals surface area (Å²) in [7, 11) is 1.35. The smallest absolute Gasteiger partial charge is 0.295 e. The van der Waals surface area contributed by atoms with Crippen molar-refractivity contribution in [3.63, 3.8) is 0 Å². The molecular weight excluding hydrogens is 440 g/mol. The van der Waals surface area contributed by atoms with Crippen LogP contribution in [0.3, 0.4) is 0 Å². The molecule has 4 rings (SSSR count). The summed E-state index contributed by atoms with van der Waals surface area (Å²) >= 11 is 1.39. The average molecular weight is 457 g/mol. The molecule has 6 nitrogen and oxygen atoms in total. The number of amides is 1. The van der Waals surface area contributed by atoms with E-state index in [0.29, 0.717) is 5.56 Å². The van der Waals surface area contributed by atoms with Gasteiger partial charge in [0.05, 0.1) is 25.3 Å². The number of hydrogen-bond donors (Lipinski definition) is 2. The Morgan fingerprint density at radius 2 is 1.91 bits per heavy atom. The number of thiophene rings is 1. The van der Waals surface area contributed by atoms with Gasteiger partial charge < -0.3 is 19.8 Å². The Hall–Kier alpha value is -3.72. The summed E-state index contributed by atoms with van der Waals surface area (Å²) in [6.07, 6.45) is 0. The van der Waals surface area contributed by atoms with Gasteiger partial charge in [-0.15, -0.1) is 11.3 Å². The molecule has 1 aromatic heterocycles. The van der Waals surface area contributed by atoms with Crippen LogP contribution < -0.4 is 4.74 Å². The zero-order valence-electron chi connectivity index (χ0n) is 16.7. The van der Waals surface area contributed by atoms with Crippen LogP contribution in [0.4, 0.5) is 8.78 Å². The molecule has 1 amide bonds. The lowest BCUT2D eigenvalue weighted by Crippen LogP contribution is -2.28. The molecule has 0 radical (unpaired) electrons. The summed E-state index contributed by atoms with van der Waals surface area (Å²) in [4.78, 5) is 28.0. The molecule has 1 unspecified atom stereocenters. The number of Topliss-reactive ketones (excluding diaryl/α,β-unsaturated/α-hetero) is 1. The number of aromatic hydroxyl groups is 1. The van der Waals surface area contributed by atoms with E-state index >= 15 is 0 Å². The number of nitrogens with zero attached hydrogens (tertiary/aromatic N) is 1. The van der Waals surface area contributed by atoms with Gasteiger partial charge in [0.1, 0.15) is 5.76 Å². The van der Waals surface area contributed by atoms with Gasteiger partial charge in [-0.3, -0.25) is 9.59 Å². The number of carbonyl (C=O) groups is 2. The van der Waals surface area contributed by atoms with Gasteiger partial charge >= 0.3 is 0 Å². The fraction of sp³-hybridized carbons (Fsp3) is 0.130. The Bertz CT molecular complexity index is 1240. The molecule has 0 spiro atoms. The molecule has 0 saturated carbocycles. The van der Waals surface area contributed by atoms with E-state index in [0.717, 1.165) is 23.1 Å². The van der Waals surface area contributed by atoms with Crippen LogP contribution in [0, 0.1) is 11.6 Å². The largest absolute Gasteiger partial charge is 0.507 e. The van der Waals surface area contributed by atoms with Gasteiger partial charge in [0.15, 0.2) is 23.1 Å². The highest BCUT2D eigenvalue weighted by atomic mass is 32.1. The second-order valence-corrected chi connectivity index (χ2v) is 8.10. The Morgan fingerprint density at radius 1 is 1.12 bits per heavy atom. The lowest BCUT2D eigenvalue weighted by Gasteiger charge is -2.25. The standard InChI is InChI=1S/C23H17F2NO5S/c1-31-18-10-12(5-7-17(18)27)20-19(21(28)13-4-6-15(24)16(25)9-13)22(29)23(30)26(20)11-14-3-2-8-32-14/h2-10,20,27-28H,11H2,1H3/b21-19+. The van der Waals surface area contributed by atoms with Crippen molar-refractivity contribution in [1.82, 2.24) is 4.90 Å². The van der Waals surface area contributed by atoms with Crippen LogP contribution >= 0.6 is 11.3 Å². The molecule has 1 atom stereocenters. The first kappa shape index (κ1) is 21.5. The van der Waals surface area contributed by atoms with Crippen LogP contribution in [0.1, 0.15) is 22.0 Å². The quantitative estimate of drug-likeness (QED) is 0.338. The van der Waals surface area contributed by atoms with Gasteiger partial charge in [-0.05, 0) is 47.3 Å². The highest BCUT2D eigenvalue weighted by molar-refractivity contribution is 7.09. The molecule has 3 aromatic rings. The number of aliphatic hydroxyl groups is 1. The first-order valence-corrected chi connectivity index (χ1v) is 10.3. The van der Waals surface area contributed by atoms with Crippen molar-refractivity contribution in [2.24, 2.45) is 0 Å². The molecule has 1 aliphatic rings. The predicted octanol–water partition coefficient (Wildman–Crippen LogP) is 4.36. The first-order chi connectivity index (χ1) is 15.3. The lowest BCUT2D eigenvalue weighted by molar-refractivity contribution is -0.140. The van der Waals surface area contributed by atoms with Crippen molar-refractivity contribution >= 4 is 28.8 Å². The first-order valence-electron chi connectivity index (χ1n) is 9.45. The summed E-state index contributed by atoms with van der Waals surface area (Å²) in [5.41, 5.74) is -0.0291. The van der Waals surface area contributed by atoms with E-state index in [1.807, 2.05) is 5.38 Å². The summed E-state index contributed by atoms with van der Waals surface area (Å²) in [5, 5.41) is 22.7. The van der Waals surface area contributed by atoms with Gasteiger partial charge in [0.2, 0.25) is 0 Å². The summed E-state index contributed by atoms with van der Waals surface area (Å²) < 4.78 is 32.3. The molecule has 164 valence electrons. The number of hydrogen-bond acceptors (Lipinski definition) is 6. The molecule has 2 aromatic carbocycles. The van der Waals surface area contributed by atoms with Crippen molar-refractivity contribution in [3.05, 3.63) is 87.1 Å². The minimum atomic E-state index is -1.20. The van der Waals surface area contributed by atoms with Crippen molar-refractivity contribution in [1.29, 1.82) is 0 Å². The van der Waals surface area contributed by atoms with E-state index < -0.39 is 35.1 Å². The highest BCUT2D eigenvalue weighted by Gasteiger charge is 2.46. The maximum Gasteiger partial charge on any atom is 0.295 e. The van der Waals surface area contributed by atoms with E-state index in [2.05, 4.69) is 0 Å². The third-order valence-electron chi connectivity index (χ3n) is 5.16. The predicted molar refractivity (Wildman–Crippen MR) is 113 cm³/mol. The van der Waals surface area contributed by atoms with E-state index in [-0.39, 0.29) is 29.2 Å². The Morgan fingerprint density at radius 3 is 2.56 bits per heavy atom. The average Bonchev–Trinajstić information content (AvgIpc) is 3.38. The van der Waals surface area contributed by atoms with E-state index in [1.165, 1.54) is 41.5 Å². The minimum absolute atomic E-state index is 0.0880. The van der Waals surface area contributed by atoms with E-state index in [9.17, 15) is 28.6 Å². The fourth-order valence-corrected chi connectivity index (χ4v) is 4.33. The second kappa shape index (κ2) is 8.43. The highest BCUT2D eigenvalue weighted by Crippen LogP contribution is 2.42.